The van der Waals surface area contributed by atoms with Gasteiger partial charge in [0.1, 0.15) is 11.4 Å². The number of anilines is 2. The lowest BCUT2D eigenvalue weighted by Gasteiger charge is -2.13. The number of nitrogens with zero attached hydrogens (tertiary/aromatic N) is 3. The summed E-state index contributed by atoms with van der Waals surface area (Å²) < 4.78 is 5.19. The van der Waals surface area contributed by atoms with E-state index in [2.05, 4.69) is 25.8 Å². The molecule has 0 aliphatic rings. The molecule has 0 atom stereocenters. The molecule has 0 aliphatic carbocycles. The molecule has 0 amide bonds. The van der Waals surface area contributed by atoms with Gasteiger partial charge >= 0.3 is 0 Å². The van der Waals surface area contributed by atoms with Gasteiger partial charge in [-0.25, -0.2) is 0 Å². The highest BCUT2D eigenvalue weighted by Gasteiger charge is 2.21. The molecule has 2 aromatic carbocycles. The number of nitrogens with one attached hydrogen (secondary N) is 2. The minimum Gasteiger partial charge on any atom is -0.374 e. The zero-order valence-corrected chi connectivity index (χ0v) is 15.2. The Morgan fingerprint density at radius 3 is 2.36 bits per heavy atom. The molecule has 2 N–H and O–H groups in total. The van der Waals surface area contributed by atoms with Crippen LogP contribution in [-0.2, 0) is 13.1 Å². The van der Waals surface area contributed by atoms with Crippen molar-refractivity contribution in [3.63, 3.8) is 0 Å². The monoisotopic (exact) mass is 395 g/mol. The van der Waals surface area contributed by atoms with Crippen molar-refractivity contribution in [1.29, 1.82) is 0 Å². The molecule has 28 heavy (non-hydrogen) atoms. The first-order chi connectivity index (χ1) is 13.6. The molecule has 0 aliphatic heterocycles. The molecular formula is C19H14ClN5O3. The quantitative estimate of drug-likeness (QED) is 0.459. The fraction of sp³-hybridized carbons (Fsp3) is 0.105. The second-order valence-corrected chi connectivity index (χ2v) is 6.34. The predicted octanol–water partition coefficient (Wildman–Crippen LogP) is 2.61. The van der Waals surface area contributed by atoms with Gasteiger partial charge in [-0.05, 0) is 24.3 Å². The number of hydrogen-bond donors (Lipinski definition) is 2. The fourth-order valence-corrected chi connectivity index (χ4v) is 2.87. The third-order valence-corrected chi connectivity index (χ3v) is 4.41. The van der Waals surface area contributed by atoms with E-state index in [0.717, 1.165) is 5.69 Å². The SMILES string of the molecule is O=c1c(NCc2ccccn2)c(NCc2nc(-c3ccccc3Cl)no2)c1=O. The van der Waals surface area contributed by atoms with Crippen LogP contribution < -0.4 is 21.5 Å². The van der Waals surface area contributed by atoms with E-state index in [9.17, 15) is 9.59 Å². The summed E-state index contributed by atoms with van der Waals surface area (Å²) in [4.78, 5) is 32.1. The summed E-state index contributed by atoms with van der Waals surface area (Å²) in [5.74, 6) is 0.611. The summed E-state index contributed by atoms with van der Waals surface area (Å²) in [6, 6.07) is 12.6. The van der Waals surface area contributed by atoms with Crippen molar-refractivity contribution in [2.45, 2.75) is 13.1 Å². The lowest BCUT2D eigenvalue weighted by Crippen LogP contribution is -2.37. The molecule has 2 aromatic heterocycles. The summed E-state index contributed by atoms with van der Waals surface area (Å²) in [7, 11) is 0. The number of pyridine rings is 1. The van der Waals surface area contributed by atoms with E-state index in [4.69, 9.17) is 16.1 Å². The van der Waals surface area contributed by atoms with Gasteiger partial charge in [-0.3, -0.25) is 14.6 Å². The van der Waals surface area contributed by atoms with Gasteiger partial charge in [0, 0.05) is 11.8 Å². The van der Waals surface area contributed by atoms with Crippen molar-refractivity contribution in [3.05, 3.63) is 85.7 Å². The van der Waals surface area contributed by atoms with E-state index in [1.54, 1.807) is 30.5 Å². The highest BCUT2D eigenvalue weighted by Crippen LogP contribution is 2.25. The zero-order chi connectivity index (χ0) is 19.5. The van der Waals surface area contributed by atoms with E-state index in [0.29, 0.717) is 23.0 Å². The van der Waals surface area contributed by atoms with Crippen LogP contribution in [0.2, 0.25) is 5.02 Å². The lowest BCUT2D eigenvalue weighted by atomic mass is 10.2. The number of aromatic nitrogens is 3. The Hall–Kier alpha value is -3.52. The molecule has 8 nitrogen and oxygen atoms in total. The normalized spacial score (nSPS) is 10.9. The van der Waals surface area contributed by atoms with Crippen LogP contribution in [0.4, 0.5) is 11.4 Å². The number of benzene rings is 1. The first-order valence-electron chi connectivity index (χ1n) is 8.42. The van der Waals surface area contributed by atoms with Gasteiger partial charge < -0.3 is 15.2 Å². The summed E-state index contributed by atoms with van der Waals surface area (Å²) in [6.45, 7) is 0.429. The van der Waals surface area contributed by atoms with Crippen LogP contribution in [0.15, 0.2) is 62.8 Å². The Morgan fingerprint density at radius 1 is 0.929 bits per heavy atom. The highest BCUT2D eigenvalue weighted by molar-refractivity contribution is 6.33. The van der Waals surface area contributed by atoms with E-state index < -0.39 is 10.9 Å². The lowest BCUT2D eigenvalue weighted by molar-refractivity contribution is 0.384. The number of hydrogen-bond acceptors (Lipinski definition) is 8. The Bertz CT molecular complexity index is 1180. The minimum absolute atomic E-state index is 0.0978. The van der Waals surface area contributed by atoms with Crippen LogP contribution in [0.25, 0.3) is 11.4 Å². The number of halogens is 1. The van der Waals surface area contributed by atoms with E-state index in [1.807, 2.05) is 18.2 Å². The van der Waals surface area contributed by atoms with Crippen LogP contribution in [0.1, 0.15) is 11.6 Å². The molecular weight excluding hydrogens is 382 g/mol. The molecule has 0 spiro atoms. The van der Waals surface area contributed by atoms with Gasteiger partial charge in [0.15, 0.2) is 0 Å². The van der Waals surface area contributed by atoms with Crippen molar-refractivity contribution in [2.24, 2.45) is 0 Å². The van der Waals surface area contributed by atoms with Gasteiger partial charge in [-0.1, -0.05) is 35.0 Å². The maximum absolute atomic E-state index is 11.9. The summed E-state index contributed by atoms with van der Waals surface area (Å²) in [5.41, 5.74) is 0.656. The van der Waals surface area contributed by atoms with E-state index in [1.165, 1.54) is 0 Å². The van der Waals surface area contributed by atoms with Crippen molar-refractivity contribution in [3.8, 4) is 11.4 Å². The van der Waals surface area contributed by atoms with Crippen LogP contribution in [0, 0.1) is 0 Å². The first kappa shape index (κ1) is 17.9. The average Bonchev–Trinajstić information content (AvgIpc) is 3.19. The summed E-state index contributed by atoms with van der Waals surface area (Å²) in [5, 5.41) is 10.2. The van der Waals surface area contributed by atoms with Gasteiger partial charge in [0.05, 0.1) is 23.8 Å². The zero-order valence-electron chi connectivity index (χ0n) is 14.5. The second kappa shape index (κ2) is 7.61. The Labute approximate surface area is 163 Å². The van der Waals surface area contributed by atoms with Crippen molar-refractivity contribution in [1.82, 2.24) is 15.1 Å². The molecule has 140 valence electrons. The average molecular weight is 396 g/mol. The van der Waals surface area contributed by atoms with Gasteiger partial charge in [0.25, 0.3) is 10.9 Å². The second-order valence-electron chi connectivity index (χ2n) is 5.93. The largest absolute Gasteiger partial charge is 0.374 e. The van der Waals surface area contributed by atoms with E-state index in [-0.39, 0.29) is 23.8 Å². The summed E-state index contributed by atoms with van der Waals surface area (Å²) >= 11 is 6.13. The molecule has 0 saturated carbocycles. The van der Waals surface area contributed by atoms with Gasteiger partial charge in [-0.15, -0.1) is 0 Å². The van der Waals surface area contributed by atoms with Crippen LogP contribution in [-0.4, -0.2) is 15.1 Å². The molecule has 0 fully saturated rings. The Kier molecular flexibility index (Phi) is 4.86. The van der Waals surface area contributed by atoms with Gasteiger partial charge in [-0.2, -0.15) is 4.98 Å². The molecule has 0 unspecified atom stereocenters. The van der Waals surface area contributed by atoms with Crippen molar-refractivity contribution in [2.75, 3.05) is 10.6 Å². The van der Waals surface area contributed by atoms with Crippen molar-refractivity contribution < 1.29 is 4.52 Å². The molecule has 9 heteroatoms. The standard InChI is InChI=1S/C19H14ClN5O3/c20-13-7-2-1-6-12(13)19-24-14(28-25-19)10-23-16-15(17(26)18(16)27)22-9-11-5-3-4-8-21-11/h1-8,22-23H,9-10H2. The maximum atomic E-state index is 11.9. The van der Waals surface area contributed by atoms with Crippen LogP contribution in [0.3, 0.4) is 0 Å². The summed E-state index contributed by atoms with van der Waals surface area (Å²) in [6.07, 6.45) is 1.66. The van der Waals surface area contributed by atoms with Crippen LogP contribution >= 0.6 is 11.6 Å². The predicted molar refractivity (Wildman–Crippen MR) is 105 cm³/mol. The van der Waals surface area contributed by atoms with Gasteiger partial charge in [0.2, 0.25) is 11.7 Å². The highest BCUT2D eigenvalue weighted by atomic mass is 35.5. The topological polar surface area (TPSA) is 110 Å². The molecule has 4 aromatic rings. The maximum Gasteiger partial charge on any atom is 0.253 e. The molecule has 0 radical (unpaired) electrons. The molecule has 4 rings (SSSR count). The Balaban J connectivity index is 1.43. The molecule has 0 bridgehead atoms. The first-order valence-corrected chi connectivity index (χ1v) is 8.79. The third kappa shape index (κ3) is 3.49. The molecule has 0 saturated heterocycles. The number of rotatable bonds is 7. The van der Waals surface area contributed by atoms with E-state index >= 15 is 0 Å². The van der Waals surface area contributed by atoms with Crippen LogP contribution in [0.5, 0.6) is 0 Å². The Morgan fingerprint density at radius 2 is 1.64 bits per heavy atom. The fourth-order valence-electron chi connectivity index (χ4n) is 2.65. The third-order valence-electron chi connectivity index (χ3n) is 4.08. The smallest absolute Gasteiger partial charge is 0.253 e. The molecule has 2 heterocycles. The van der Waals surface area contributed by atoms with Crippen molar-refractivity contribution >= 4 is 23.0 Å². The minimum atomic E-state index is -0.589.